The van der Waals surface area contributed by atoms with Gasteiger partial charge in [-0.3, -0.25) is 9.59 Å². The van der Waals surface area contributed by atoms with Gasteiger partial charge < -0.3 is 15.2 Å². The van der Waals surface area contributed by atoms with Gasteiger partial charge in [0.1, 0.15) is 0 Å². The minimum Gasteiger partial charge on any atom is -0.342 e. The van der Waals surface area contributed by atoms with E-state index in [-0.39, 0.29) is 23.6 Å². The summed E-state index contributed by atoms with van der Waals surface area (Å²) in [6, 6.07) is 14.8. The molecule has 0 aliphatic rings. The van der Waals surface area contributed by atoms with E-state index >= 15 is 0 Å². The molecule has 3 aromatic rings. The Morgan fingerprint density at radius 2 is 1.97 bits per heavy atom. The Kier molecular flexibility index (Phi) is 8.43. The van der Waals surface area contributed by atoms with Crippen LogP contribution in [0, 0.1) is 6.92 Å². The third-order valence-electron chi connectivity index (χ3n) is 5.08. The van der Waals surface area contributed by atoms with Crippen molar-refractivity contribution in [3.8, 4) is 0 Å². The third kappa shape index (κ3) is 6.32. The highest BCUT2D eigenvalue weighted by Gasteiger charge is 2.20. The summed E-state index contributed by atoms with van der Waals surface area (Å²) < 4.78 is 1.87. The van der Waals surface area contributed by atoms with Crippen LogP contribution in [0.15, 0.2) is 66.3 Å². The number of anilines is 1. The molecule has 0 aliphatic carbocycles. The fourth-order valence-corrected chi connectivity index (χ4v) is 4.18. The summed E-state index contributed by atoms with van der Waals surface area (Å²) in [5.74, 6) is 0.506. The number of carbonyl (C=O) groups is 2. The second-order valence-corrected chi connectivity index (χ2v) is 8.59. The summed E-state index contributed by atoms with van der Waals surface area (Å²) in [5, 5.41) is 15.1. The molecule has 0 unspecified atom stereocenters. The highest BCUT2D eigenvalue weighted by Crippen LogP contribution is 2.22. The second-order valence-electron chi connectivity index (χ2n) is 7.65. The predicted octanol–water partition coefficient (Wildman–Crippen LogP) is 4.56. The topological polar surface area (TPSA) is 88.9 Å². The van der Waals surface area contributed by atoms with E-state index in [0.717, 1.165) is 23.2 Å². The summed E-state index contributed by atoms with van der Waals surface area (Å²) in [5.41, 5.74) is 3.52. The molecule has 0 radical (unpaired) electrons. The average molecular weight is 464 g/mol. The fourth-order valence-electron chi connectivity index (χ4n) is 3.43. The number of nitrogens with zero attached hydrogens (tertiary/aromatic N) is 3. The lowest BCUT2D eigenvalue weighted by Gasteiger charge is -2.15. The number of rotatable bonds is 10. The SMILES string of the molecule is C=CCn1c(SCC(=O)Nc2ccccc2CC)nnc1[C@H](C)NC(=O)c1cccc(C)c1. The fraction of sp³-hybridized carbons (Fsp3) is 0.280. The number of hydrogen-bond acceptors (Lipinski definition) is 5. The molecule has 0 saturated heterocycles. The Hall–Kier alpha value is -3.39. The zero-order chi connectivity index (χ0) is 23.8. The number of benzene rings is 2. The van der Waals surface area contributed by atoms with Crippen molar-refractivity contribution in [3.63, 3.8) is 0 Å². The van der Waals surface area contributed by atoms with Crippen molar-refractivity contribution in [1.82, 2.24) is 20.1 Å². The molecule has 172 valence electrons. The molecule has 0 bridgehead atoms. The molecule has 1 aromatic heterocycles. The predicted molar refractivity (Wildman–Crippen MR) is 132 cm³/mol. The van der Waals surface area contributed by atoms with E-state index in [4.69, 9.17) is 0 Å². The van der Waals surface area contributed by atoms with Gasteiger partial charge in [-0.25, -0.2) is 0 Å². The first-order chi connectivity index (χ1) is 15.9. The number of para-hydroxylation sites is 1. The first-order valence-corrected chi connectivity index (χ1v) is 11.8. The zero-order valence-corrected chi connectivity index (χ0v) is 20.0. The summed E-state index contributed by atoms with van der Waals surface area (Å²) >= 11 is 1.30. The minimum atomic E-state index is -0.370. The van der Waals surface area contributed by atoms with Crippen LogP contribution in [-0.2, 0) is 17.8 Å². The first-order valence-electron chi connectivity index (χ1n) is 10.8. The van der Waals surface area contributed by atoms with Gasteiger partial charge in [-0.05, 0) is 44.0 Å². The van der Waals surface area contributed by atoms with Crippen LogP contribution in [0.2, 0.25) is 0 Å². The van der Waals surface area contributed by atoms with Crippen LogP contribution in [0.1, 0.15) is 47.2 Å². The molecular formula is C25H29N5O2S. The first kappa shape index (κ1) is 24.3. The van der Waals surface area contributed by atoms with E-state index < -0.39 is 0 Å². The van der Waals surface area contributed by atoms with Crippen LogP contribution in [0.3, 0.4) is 0 Å². The summed E-state index contributed by atoms with van der Waals surface area (Å²) in [6.07, 6.45) is 2.58. The maximum absolute atomic E-state index is 12.7. The maximum Gasteiger partial charge on any atom is 0.251 e. The second kappa shape index (κ2) is 11.5. The van der Waals surface area contributed by atoms with Crippen LogP contribution >= 0.6 is 11.8 Å². The van der Waals surface area contributed by atoms with Gasteiger partial charge in [0, 0.05) is 17.8 Å². The van der Waals surface area contributed by atoms with Crippen molar-refractivity contribution in [2.75, 3.05) is 11.1 Å². The van der Waals surface area contributed by atoms with Gasteiger partial charge in [-0.15, -0.1) is 16.8 Å². The van der Waals surface area contributed by atoms with Crippen LogP contribution in [0.5, 0.6) is 0 Å². The van der Waals surface area contributed by atoms with Gasteiger partial charge in [-0.2, -0.15) is 0 Å². The number of hydrogen-bond donors (Lipinski definition) is 2. The van der Waals surface area contributed by atoms with E-state index in [9.17, 15) is 9.59 Å². The van der Waals surface area contributed by atoms with Gasteiger partial charge in [0.05, 0.1) is 11.8 Å². The van der Waals surface area contributed by atoms with Gasteiger partial charge >= 0.3 is 0 Å². The molecular weight excluding hydrogens is 434 g/mol. The summed E-state index contributed by atoms with van der Waals surface area (Å²) in [7, 11) is 0. The Labute approximate surface area is 198 Å². The molecule has 8 heteroatoms. The number of allylic oxidation sites excluding steroid dienone is 1. The van der Waals surface area contributed by atoms with Crippen molar-refractivity contribution in [2.24, 2.45) is 0 Å². The highest BCUT2D eigenvalue weighted by molar-refractivity contribution is 7.99. The Bertz CT molecular complexity index is 1140. The van der Waals surface area contributed by atoms with E-state index in [1.165, 1.54) is 11.8 Å². The molecule has 2 N–H and O–H groups in total. The van der Waals surface area contributed by atoms with Gasteiger partial charge in [0.2, 0.25) is 5.91 Å². The van der Waals surface area contributed by atoms with Crippen molar-refractivity contribution >= 4 is 29.3 Å². The van der Waals surface area contributed by atoms with Crippen molar-refractivity contribution in [3.05, 3.63) is 83.7 Å². The van der Waals surface area contributed by atoms with E-state index in [1.807, 2.05) is 60.9 Å². The third-order valence-corrected chi connectivity index (χ3v) is 6.04. The molecule has 1 atom stereocenters. The highest BCUT2D eigenvalue weighted by atomic mass is 32.2. The molecule has 0 saturated carbocycles. The number of amides is 2. The molecule has 0 spiro atoms. The molecule has 2 aromatic carbocycles. The molecule has 0 fully saturated rings. The van der Waals surface area contributed by atoms with E-state index in [0.29, 0.717) is 23.1 Å². The Morgan fingerprint density at radius 3 is 2.70 bits per heavy atom. The summed E-state index contributed by atoms with van der Waals surface area (Å²) in [4.78, 5) is 25.2. The standard InChI is InChI=1S/C25H29N5O2S/c1-5-14-30-23(18(4)26-24(32)20-12-9-10-17(3)15-20)28-29-25(30)33-16-22(31)27-21-13-8-7-11-19(21)6-2/h5,7-13,15,18H,1,6,14,16H2,2-4H3,(H,26,32)(H,27,31)/t18-/m0/s1. The Balaban J connectivity index is 1.67. The van der Waals surface area contributed by atoms with Crippen molar-refractivity contribution in [2.45, 2.75) is 44.9 Å². The molecule has 33 heavy (non-hydrogen) atoms. The maximum atomic E-state index is 12.7. The number of aromatic nitrogens is 3. The van der Waals surface area contributed by atoms with Crippen LogP contribution < -0.4 is 10.6 Å². The van der Waals surface area contributed by atoms with Crippen LogP contribution in [0.25, 0.3) is 0 Å². The Morgan fingerprint density at radius 1 is 1.18 bits per heavy atom. The van der Waals surface area contributed by atoms with E-state index in [2.05, 4.69) is 34.3 Å². The quantitative estimate of drug-likeness (QED) is 0.340. The number of thioether (sulfide) groups is 1. The minimum absolute atomic E-state index is 0.114. The number of carbonyl (C=O) groups excluding carboxylic acids is 2. The normalized spacial score (nSPS) is 11.6. The smallest absolute Gasteiger partial charge is 0.251 e. The average Bonchev–Trinajstić information content (AvgIpc) is 3.21. The van der Waals surface area contributed by atoms with Crippen molar-refractivity contribution < 1.29 is 9.59 Å². The van der Waals surface area contributed by atoms with Crippen molar-refractivity contribution in [1.29, 1.82) is 0 Å². The van der Waals surface area contributed by atoms with Gasteiger partial charge in [-0.1, -0.05) is 60.7 Å². The molecule has 1 heterocycles. The molecule has 0 aliphatic heterocycles. The monoisotopic (exact) mass is 463 g/mol. The van der Waals surface area contributed by atoms with Crippen LogP contribution in [-0.4, -0.2) is 32.3 Å². The van der Waals surface area contributed by atoms with Gasteiger partial charge in [0.25, 0.3) is 5.91 Å². The lowest BCUT2D eigenvalue weighted by molar-refractivity contribution is -0.113. The van der Waals surface area contributed by atoms with E-state index in [1.54, 1.807) is 12.1 Å². The molecule has 7 nitrogen and oxygen atoms in total. The summed E-state index contributed by atoms with van der Waals surface area (Å²) in [6.45, 7) is 10.1. The largest absolute Gasteiger partial charge is 0.342 e. The number of aryl methyl sites for hydroxylation is 2. The lowest BCUT2D eigenvalue weighted by Crippen LogP contribution is -2.29. The van der Waals surface area contributed by atoms with Gasteiger partial charge in [0.15, 0.2) is 11.0 Å². The van der Waals surface area contributed by atoms with Crippen LogP contribution in [0.4, 0.5) is 5.69 Å². The number of nitrogens with one attached hydrogen (secondary N) is 2. The lowest BCUT2D eigenvalue weighted by atomic mass is 10.1. The molecule has 2 amide bonds. The molecule has 3 rings (SSSR count). The zero-order valence-electron chi connectivity index (χ0n) is 19.2.